The Morgan fingerprint density at radius 1 is 1.47 bits per heavy atom. The molecule has 0 aliphatic heterocycles. The highest BCUT2D eigenvalue weighted by atomic mass is 35.5. The zero-order chi connectivity index (χ0) is 13.2. The highest BCUT2D eigenvalue weighted by Crippen LogP contribution is 2.20. The number of nitrogen functional groups attached to an aromatic ring is 1. The van der Waals surface area contributed by atoms with Crippen LogP contribution in [-0.2, 0) is 0 Å². The van der Waals surface area contributed by atoms with Crippen LogP contribution in [0.4, 0.5) is 5.82 Å². The summed E-state index contributed by atoms with van der Waals surface area (Å²) in [5.41, 5.74) is 5.68. The van der Waals surface area contributed by atoms with Gasteiger partial charge in [-0.1, -0.05) is 32.4 Å². The highest BCUT2D eigenvalue weighted by Gasteiger charge is 2.23. The molecule has 1 amide bonds. The number of pyridine rings is 1. The van der Waals surface area contributed by atoms with Gasteiger partial charge in [0.15, 0.2) is 0 Å². The molecule has 0 aliphatic rings. The molecule has 4 nitrogen and oxygen atoms in total. The smallest absolute Gasteiger partial charge is 0.271 e. The normalized spacial score (nSPS) is 13.2. The number of aromatic nitrogens is 1. The maximum absolute atomic E-state index is 12.0. The van der Waals surface area contributed by atoms with Gasteiger partial charge in [-0.3, -0.25) is 4.79 Å². The summed E-state index contributed by atoms with van der Waals surface area (Å²) in [7, 11) is 0. The predicted octanol–water partition coefficient (Wildman–Crippen LogP) is 2.48. The number of rotatable bonds is 2. The van der Waals surface area contributed by atoms with Crippen molar-refractivity contribution in [2.75, 3.05) is 5.73 Å². The number of nitrogens with zero attached hydrogens (tertiary/aromatic N) is 1. The third-order valence-corrected chi connectivity index (χ3v) is 3.03. The SMILES string of the molecule is CC(NC(=O)c1nc(N)ccc1Cl)C(C)(C)C. The minimum absolute atomic E-state index is 0.00861. The fourth-order valence-corrected chi connectivity index (χ4v) is 1.29. The van der Waals surface area contributed by atoms with E-state index in [4.69, 9.17) is 17.3 Å². The molecule has 1 rings (SSSR count). The zero-order valence-electron chi connectivity index (χ0n) is 10.5. The lowest BCUT2D eigenvalue weighted by molar-refractivity contribution is 0.0905. The van der Waals surface area contributed by atoms with Crippen molar-refractivity contribution in [3.05, 3.63) is 22.8 Å². The molecular formula is C12H18ClN3O. The fraction of sp³-hybridized carbons (Fsp3) is 0.500. The highest BCUT2D eigenvalue weighted by molar-refractivity contribution is 6.33. The Hall–Kier alpha value is -1.29. The molecular weight excluding hydrogens is 238 g/mol. The van der Waals surface area contributed by atoms with Crippen LogP contribution in [0.3, 0.4) is 0 Å². The van der Waals surface area contributed by atoms with Crippen LogP contribution in [0.25, 0.3) is 0 Å². The largest absolute Gasteiger partial charge is 0.384 e. The van der Waals surface area contributed by atoms with Crippen molar-refractivity contribution in [1.82, 2.24) is 10.3 Å². The second-order valence-corrected chi connectivity index (χ2v) is 5.53. The zero-order valence-corrected chi connectivity index (χ0v) is 11.3. The van der Waals surface area contributed by atoms with Crippen LogP contribution in [0, 0.1) is 5.41 Å². The summed E-state index contributed by atoms with van der Waals surface area (Å²) >= 11 is 5.91. The van der Waals surface area contributed by atoms with Gasteiger partial charge in [0, 0.05) is 6.04 Å². The van der Waals surface area contributed by atoms with E-state index in [1.165, 1.54) is 0 Å². The van der Waals surface area contributed by atoms with Crippen LogP contribution < -0.4 is 11.1 Å². The second kappa shape index (κ2) is 4.92. The summed E-state index contributed by atoms with van der Waals surface area (Å²) < 4.78 is 0. The van der Waals surface area contributed by atoms with Gasteiger partial charge >= 0.3 is 0 Å². The molecule has 1 aromatic rings. The number of halogens is 1. The standard InChI is InChI=1S/C12H18ClN3O/c1-7(12(2,3)4)15-11(17)10-8(13)5-6-9(14)16-10/h5-7H,1-4H3,(H2,14,16)(H,15,17). The Kier molecular flexibility index (Phi) is 3.98. The van der Waals surface area contributed by atoms with Crippen LogP contribution >= 0.6 is 11.6 Å². The third kappa shape index (κ3) is 3.60. The van der Waals surface area contributed by atoms with Gasteiger partial charge in [0.25, 0.3) is 5.91 Å². The van der Waals surface area contributed by atoms with Crippen molar-refractivity contribution in [1.29, 1.82) is 0 Å². The van der Waals surface area contributed by atoms with E-state index in [0.29, 0.717) is 5.02 Å². The van der Waals surface area contributed by atoms with Crippen molar-refractivity contribution in [3.8, 4) is 0 Å². The number of nitrogens with two attached hydrogens (primary N) is 1. The molecule has 0 saturated heterocycles. The van der Waals surface area contributed by atoms with Crippen molar-refractivity contribution in [2.45, 2.75) is 33.7 Å². The first-order valence-electron chi connectivity index (χ1n) is 5.44. The molecule has 17 heavy (non-hydrogen) atoms. The second-order valence-electron chi connectivity index (χ2n) is 5.13. The summed E-state index contributed by atoms with van der Waals surface area (Å²) in [5, 5.41) is 3.17. The van der Waals surface area contributed by atoms with E-state index in [0.717, 1.165) is 0 Å². The molecule has 1 aromatic heterocycles. The lowest BCUT2D eigenvalue weighted by atomic mass is 9.88. The van der Waals surface area contributed by atoms with Gasteiger partial charge in [0.05, 0.1) is 5.02 Å². The van der Waals surface area contributed by atoms with Crippen LogP contribution in [0.1, 0.15) is 38.2 Å². The van der Waals surface area contributed by atoms with Crippen LogP contribution in [0.2, 0.25) is 5.02 Å². The molecule has 3 N–H and O–H groups in total. The Labute approximate surface area is 107 Å². The molecule has 0 aromatic carbocycles. The topological polar surface area (TPSA) is 68.0 Å². The van der Waals surface area contributed by atoms with Gasteiger partial charge in [-0.2, -0.15) is 0 Å². The molecule has 1 unspecified atom stereocenters. The quantitative estimate of drug-likeness (QED) is 0.853. The van der Waals surface area contributed by atoms with Crippen molar-refractivity contribution in [3.63, 3.8) is 0 Å². The molecule has 1 atom stereocenters. The number of hydrogen-bond acceptors (Lipinski definition) is 3. The summed E-state index contributed by atoms with van der Waals surface area (Å²) in [6.07, 6.45) is 0. The number of anilines is 1. The molecule has 0 saturated carbocycles. The summed E-state index contributed by atoms with van der Waals surface area (Å²) in [6, 6.07) is 3.14. The van der Waals surface area contributed by atoms with E-state index in [-0.39, 0.29) is 28.9 Å². The Morgan fingerprint density at radius 2 is 2.06 bits per heavy atom. The Balaban J connectivity index is 2.87. The third-order valence-electron chi connectivity index (χ3n) is 2.73. The van der Waals surface area contributed by atoms with Crippen LogP contribution in [0.5, 0.6) is 0 Å². The number of nitrogens with one attached hydrogen (secondary N) is 1. The van der Waals surface area contributed by atoms with E-state index >= 15 is 0 Å². The van der Waals surface area contributed by atoms with Gasteiger partial charge in [-0.15, -0.1) is 0 Å². The van der Waals surface area contributed by atoms with Gasteiger partial charge in [0.1, 0.15) is 11.5 Å². The molecule has 0 radical (unpaired) electrons. The first-order chi connectivity index (χ1) is 7.71. The lowest BCUT2D eigenvalue weighted by Crippen LogP contribution is -2.41. The minimum Gasteiger partial charge on any atom is -0.384 e. The molecule has 1 heterocycles. The first kappa shape index (κ1) is 13.8. The van der Waals surface area contributed by atoms with Crippen molar-refractivity contribution in [2.24, 2.45) is 5.41 Å². The van der Waals surface area contributed by atoms with Crippen molar-refractivity contribution >= 4 is 23.3 Å². The lowest BCUT2D eigenvalue weighted by Gasteiger charge is -2.28. The maximum atomic E-state index is 12.0. The fourth-order valence-electron chi connectivity index (χ4n) is 1.10. The molecule has 0 aliphatic carbocycles. The summed E-state index contributed by atoms with van der Waals surface area (Å²) in [6.45, 7) is 8.09. The number of carbonyl (C=O) groups is 1. The Bertz CT molecular complexity index is 426. The van der Waals surface area contributed by atoms with Crippen molar-refractivity contribution < 1.29 is 4.79 Å². The Morgan fingerprint density at radius 3 is 2.59 bits per heavy atom. The first-order valence-corrected chi connectivity index (χ1v) is 5.82. The minimum atomic E-state index is -0.301. The summed E-state index contributed by atoms with van der Waals surface area (Å²) in [5.74, 6) is -0.0207. The average Bonchev–Trinajstić information content (AvgIpc) is 2.20. The predicted molar refractivity (Wildman–Crippen MR) is 70.0 cm³/mol. The van der Waals surface area contributed by atoms with Crippen LogP contribution in [-0.4, -0.2) is 16.9 Å². The maximum Gasteiger partial charge on any atom is 0.271 e. The van der Waals surface area contributed by atoms with E-state index < -0.39 is 0 Å². The number of carbonyl (C=O) groups excluding carboxylic acids is 1. The van der Waals surface area contributed by atoms with Gasteiger partial charge < -0.3 is 11.1 Å². The molecule has 0 bridgehead atoms. The molecule has 0 fully saturated rings. The molecule has 5 heteroatoms. The average molecular weight is 256 g/mol. The number of hydrogen-bond donors (Lipinski definition) is 2. The summed E-state index contributed by atoms with van der Waals surface area (Å²) in [4.78, 5) is 15.9. The molecule has 94 valence electrons. The molecule has 0 spiro atoms. The van der Waals surface area contributed by atoms with E-state index in [9.17, 15) is 4.79 Å². The van der Waals surface area contributed by atoms with E-state index in [1.54, 1.807) is 12.1 Å². The monoisotopic (exact) mass is 255 g/mol. The van der Waals surface area contributed by atoms with E-state index in [1.807, 2.05) is 27.7 Å². The number of amides is 1. The van der Waals surface area contributed by atoms with Gasteiger partial charge in [-0.25, -0.2) is 4.98 Å². The van der Waals surface area contributed by atoms with Gasteiger partial charge in [0.2, 0.25) is 0 Å². The van der Waals surface area contributed by atoms with E-state index in [2.05, 4.69) is 10.3 Å². The van der Waals surface area contributed by atoms with Gasteiger partial charge in [-0.05, 0) is 24.5 Å². The van der Waals surface area contributed by atoms with Crippen LogP contribution in [0.15, 0.2) is 12.1 Å².